The molecule has 2 rings (SSSR count). The van der Waals surface area contributed by atoms with Crippen LogP contribution < -0.4 is 5.32 Å². The van der Waals surface area contributed by atoms with Crippen molar-refractivity contribution in [3.05, 3.63) is 35.4 Å². The molecule has 18 heavy (non-hydrogen) atoms. The Labute approximate surface area is 110 Å². The van der Waals surface area contributed by atoms with Crippen molar-refractivity contribution in [2.75, 3.05) is 0 Å². The average Bonchev–Trinajstić information content (AvgIpc) is 2.25. The highest BCUT2D eigenvalue weighted by atomic mass is 19.1. The number of benzene rings is 1. The van der Waals surface area contributed by atoms with Gasteiger partial charge in [0.15, 0.2) is 0 Å². The standard InChI is InChI=1S/C16H24FN/c1-5-12-6-8-13(9-7-12)16(17)10-14(11-16)18-15(2,3)4/h6-9,14,18H,5,10-11H2,1-4H3. The summed E-state index contributed by atoms with van der Waals surface area (Å²) in [6.45, 7) is 8.50. The molecule has 0 saturated heterocycles. The lowest BCUT2D eigenvalue weighted by molar-refractivity contribution is 0.0157. The van der Waals surface area contributed by atoms with E-state index in [-0.39, 0.29) is 5.54 Å². The summed E-state index contributed by atoms with van der Waals surface area (Å²) in [7, 11) is 0. The van der Waals surface area contributed by atoms with Crippen molar-refractivity contribution >= 4 is 0 Å². The maximum atomic E-state index is 14.7. The lowest BCUT2D eigenvalue weighted by Gasteiger charge is -2.45. The molecule has 0 unspecified atom stereocenters. The van der Waals surface area contributed by atoms with Gasteiger partial charge in [0.05, 0.1) is 0 Å². The van der Waals surface area contributed by atoms with Crippen molar-refractivity contribution < 1.29 is 4.39 Å². The molecule has 1 fully saturated rings. The Kier molecular flexibility index (Phi) is 3.50. The fourth-order valence-corrected chi connectivity index (χ4v) is 2.71. The minimum atomic E-state index is -1.12. The van der Waals surface area contributed by atoms with E-state index in [2.05, 4.69) is 33.0 Å². The van der Waals surface area contributed by atoms with Crippen molar-refractivity contribution in [1.29, 1.82) is 0 Å². The number of halogens is 1. The normalized spacial score (nSPS) is 27.9. The Balaban J connectivity index is 1.98. The second-order valence-electron chi connectivity index (χ2n) is 6.52. The number of alkyl halides is 1. The van der Waals surface area contributed by atoms with Crippen molar-refractivity contribution in [3.63, 3.8) is 0 Å². The van der Waals surface area contributed by atoms with Crippen LogP contribution in [0.25, 0.3) is 0 Å². The molecule has 2 heteroatoms. The third kappa shape index (κ3) is 2.92. The molecule has 1 N–H and O–H groups in total. The molecule has 0 heterocycles. The summed E-state index contributed by atoms with van der Waals surface area (Å²) in [5.74, 6) is 0. The van der Waals surface area contributed by atoms with Crippen LogP contribution in [-0.2, 0) is 12.1 Å². The van der Waals surface area contributed by atoms with E-state index in [0.717, 1.165) is 12.0 Å². The highest BCUT2D eigenvalue weighted by Crippen LogP contribution is 2.45. The van der Waals surface area contributed by atoms with Gasteiger partial charge in [0.1, 0.15) is 5.67 Å². The van der Waals surface area contributed by atoms with Crippen LogP contribution in [0.5, 0.6) is 0 Å². The maximum Gasteiger partial charge on any atom is 0.139 e. The molecule has 0 atom stereocenters. The van der Waals surface area contributed by atoms with E-state index in [9.17, 15) is 4.39 Å². The van der Waals surface area contributed by atoms with Crippen LogP contribution in [0.15, 0.2) is 24.3 Å². The van der Waals surface area contributed by atoms with E-state index in [1.165, 1.54) is 5.56 Å². The van der Waals surface area contributed by atoms with Crippen LogP contribution in [0.2, 0.25) is 0 Å². The Bertz CT molecular complexity index is 396. The third-order valence-corrected chi connectivity index (χ3v) is 3.66. The monoisotopic (exact) mass is 249 g/mol. The van der Waals surface area contributed by atoms with Crippen molar-refractivity contribution in [3.8, 4) is 0 Å². The van der Waals surface area contributed by atoms with E-state index < -0.39 is 5.67 Å². The molecule has 1 aliphatic rings. The summed E-state index contributed by atoms with van der Waals surface area (Å²) in [6, 6.07) is 8.29. The predicted octanol–water partition coefficient (Wildman–Crippen LogP) is 3.96. The second-order valence-corrected chi connectivity index (χ2v) is 6.52. The van der Waals surface area contributed by atoms with Gasteiger partial charge < -0.3 is 5.32 Å². The first-order valence-electron chi connectivity index (χ1n) is 6.88. The smallest absolute Gasteiger partial charge is 0.139 e. The summed E-state index contributed by atoms with van der Waals surface area (Å²) < 4.78 is 14.7. The highest BCUT2D eigenvalue weighted by molar-refractivity contribution is 5.30. The van der Waals surface area contributed by atoms with E-state index >= 15 is 0 Å². The van der Waals surface area contributed by atoms with Gasteiger partial charge in [-0.25, -0.2) is 4.39 Å². The molecule has 0 aliphatic heterocycles. The molecule has 0 amide bonds. The first-order chi connectivity index (χ1) is 8.32. The quantitative estimate of drug-likeness (QED) is 0.855. The number of nitrogens with one attached hydrogen (secondary N) is 1. The molecule has 100 valence electrons. The molecular weight excluding hydrogens is 225 g/mol. The van der Waals surface area contributed by atoms with E-state index in [1.54, 1.807) is 0 Å². The largest absolute Gasteiger partial charge is 0.309 e. The molecule has 0 bridgehead atoms. The van der Waals surface area contributed by atoms with Gasteiger partial charge in [0, 0.05) is 24.4 Å². The lowest BCUT2D eigenvalue weighted by atomic mass is 9.72. The summed E-state index contributed by atoms with van der Waals surface area (Å²) >= 11 is 0. The number of hydrogen-bond donors (Lipinski definition) is 1. The molecule has 0 spiro atoms. The average molecular weight is 249 g/mol. The third-order valence-electron chi connectivity index (χ3n) is 3.66. The van der Waals surface area contributed by atoms with Crippen LogP contribution in [0.4, 0.5) is 4.39 Å². The first-order valence-corrected chi connectivity index (χ1v) is 6.88. The molecule has 0 aromatic heterocycles. The van der Waals surface area contributed by atoms with Gasteiger partial charge in [-0.05, 0) is 38.3 Å². The molecule has 1 aliphatic carbocycles. The summed E-state index contributed by atoms with van der Waals surface area (Å²) in [4.78, 5) is 0. The predicted molar refractivity (Wildman–Crippen MR) is 74.5 cm³/mol. The fraction of sp³-hybridized carbons (Fsp3) is 0.625. The van der Waals surface area contributed by atoms with Crippen molar-refractivity contribution in [2.24, 2.45) is 0 Å². The number of rotatable bonds is 3. The van der Waals surface area contributed by atoms with Gasteiger partial charge in [0.25, 0.3) is 0 Å². The Morgan fingerprint density at radius 1 is 1.22 bits per heavy atom. The molecule has 1 saturated carbocycles. The summed E-state index contributed by atoms with van der Waals surface area (Å²) in [5.41, 5.74) is 1.06. The zero-order chi connectivity index (χ0) is 13.4. The molecule has 1 aromatic carbocycles. The fourth-order valence-electron chi connectivity index (χ4n) is 2.71. The highest BCUT2D eigenvalue weighted by Gasteiger charge is 2.46. The van der Waals surface area contributed by atoms with Gasteiger partial charge in [-0.1, -0.05) is 31.2 Å². The maximum absolute atomic E-state index is 14.7. The second kappa shape index (κ2) is 4.65. The van der Waals surface area contributed by atoms with Gasteiger partial charge in [-0.3, -0.25) is 0 Å². The van der Waals surface area contributed by atoms with Crippen LogP contribution in [0, 0.1) is 0 Å². The van der Waals surface area contributed by atoms with Crippen LogP contribution in [-0.4, -0.2) is 11.6 Å². The van der Waals surface area contributed by atoms with Gasteiger partial charge in [-0.2, -0.15) is 0 Å². The van der Waals surface area contributed by atoms with Gasteiger partial charge >= 0.3 is 0 Å². The van der Waals surface area contributed by atoms with Crippen molar-refractivity contribution in [2.45, 2.75) is 64.2 Å². The van der Waals surface area contributed by atoms with E-state index in [0.29, 0.717) is 18.9 Å². The SMILES string of the molecule is CCc1ccc(C2(F)CC(NC(C)(C)C)C2)cc1. The van der Waals surface area contributed by atoms with Crippen molar-refractivity contribution in [1.82, 2.24) is 5.32 Å². The summed E-state index contributed by atoms with van der Waals surface area (Å²) in [6.07, 6.45) is 2.19. The molecular formula is C16H24FN. The molecule has 0 radical (unpaired) electrons. The van der Waals surface area contributed by atoms with E-state index in [1.807, 2.05) is 24.3 Å². The van der Waals surface area contributed by atoms with Crippen LogP contribution in [0.1, 0.15) is 51.7 Å². The minimum Gasteiger partial charge on any atom is -0.309 e. The number of aryl methyl sites for hydroxylation is 1. The topological polar surface area (TPSA) is 12.0 Å². The zero-order valence-corrected chi connectivity index (χ0v) is 11.9. The molecule has 1 nitrogen and oxygen atoms in total. The Hall–Kier alpha value is -0.890. The molecule has 1 aromatic rings. The van der Waals surface area contributed by atoms with Crippen LogP contribution in [0.3, 0.4) is 0 Å². The lowest BCUT2D eigenvalue weighted by Crippen LogP contribution is -2.54. The zero-order valence-electron chi connectivity index (χ0n) is 11.9. The van der Waals surface area contributed by atoms with Gasteiger partial charge in [0.2, 0.25) is 0 Å². The summed E-state index contributed by atoms with van der Waals surface area (Å²) in [5, 5.41) is 3.46. The number of hydrogen-bond acceptors (Lipinski definition) is 1. The Morgan fingerprint density at radius 2 is 1.78 bits per heavy atom. The minimum absolute atomic E-state index is 0.0675. The Morgan fingerprint density at radius 3 is 2.22 bits per heavy atom. The first kappa shape index (κ1) is 13.5. The van der Waals surface area contributed by atoms with Crippen LogP contribution >= 0.6 is 0 Å². The van der Waals surface area contributed by atoms with E-state index in [4.69, 9.17) is 0 Å². The van der Waals surface area contributed by atoms with Gasteiger partial charge in [-0.15, -0.1) is 0 Å².